The van der Waals surface area contributed by atoms with Crippen LogP contribution in [0.3, 0.4) is 0 Å². The molecule has 0 aliphatic rings. The second-order valence-corrected chi connectivity index (χ2v) is 3.60. The van der Waals surface area contributed by atoms with Gasteiger partial charge in [0, 0.05) is 5.02 Å². The lowest BCUT2D eigenvalue weighted by Crippen LogP contribution is -2.20. The molecule has 2 N–H and O–H groups in total. The molecule has 3 nitrogen and oxygen atoms in total. The van der Waals surface area contributed by atoms with E-state index in [1.807, 2.05) is 6.92 Å². The van der Waals surface area contributed by atoms with Gasteiger partial charge in [0.05, 0.1) is 5.02 Å². The molecular weight excluding hydrogens is 225 g/mol. The summed E-state index contributed by atoms with van der Waals surface area (Å²) in [7, 11) is 0. The average Bonchev–Trinajstić information content (AvgIpc) is 2.09. The molecule has 1 amide bonds. The fourth-order valence-corrected chi connectivity index (χ4v) is 1.33. The van der Waals surface area contributed by atoms with Gasteiger partial charge in [0.1, 0.15) is 5.75 Å². The minimum Gasteiger partial charge on any atom is -0.482 e. The van der Waals surface area contributed by atoms with E-state index in [1.54, 1.807) is 12.1 Å². The van der Waals surface area contributed by atoms with Crippen molar-refractivity contribution >= 4 is 29.1 Å². The van der Waals surface area contributed by atoms with E-state index in [2.05, 4.69) is 0 Å². The zero-order valence-electron chi connectivity index (χ0n) is 7.51. The first kappa shape index (κ1) is 11.1. The Balaban J connectivity index is 2.87. The SMILES string of the molecule is Cc1cc(OCC(N)=O)c(Cl)cc1Cl. The summed E-state index contributed by atoms with van der Waals surface area (Å²) >= 11 is 11.6. The Hall–Kier alpha value is -0.930. The number of amides is 1. The number of carbonyl (C=O) groups excluding carboxylic acids is 1. The molecule has 0 aliphatic carbocycles. The monoisotopic (exact) mass is 233 g/mol. The van der Waals surface area contributed by atoms with Crippen molar-refractivity contribution in [3.63, 3.8) is 0 Å². The van der Waals surface area contributed by atoms with E-state index in [-0.39, 0.29) is 6.61 Å². The maximum Gasteiger partial charge on any atom is 0.255 e. The number of primary amides is 1. The van der Waals surface area contributed by atoms with E-state index in [9.17, 15) is 4.79 Å². The summed E-state index contributed by atoms with van der Waals surface area (Å²) < 4.78 is 5.07. The quantitative estimate of drug-likeness (QED) is 0.871. The van der Waals surface area contributed by atoms with Crippen molar-refractivity contribution in [3.8, 4) is 5.75 Å². The van der Waals surface area contributed by atoms with Crippen molar-refractivity contribution in [3.05, 3.63) is 27.7 Å². The standard InChI is InChI=1S/C9H9Cl2NO2/c1-5-2-8(14-4-9(12)13)7(11)3-6(5)10/h2-3H,4H2,1H3,(H2,12,13). The largest absolute Gasteiger partial charge is 0.482 e. The molecule has 0 aliphatic heterocycles. The van der Waals surface area contributed by atoms with Crippen LogP contribution in [0.4, 0.5) is 0 Å². The third-order valence-electron chi connectivity index (χ3n) is 1.58. The Morgan fingerprint density at radius 2 is 2.07 bits per heavy atom. The summed E-state index contributed by atoms with van der Waals surface area (Å²) in [5.41, 5.74) is 5.75. The van der Waals surface area contributed by atoms with Gasteiger partial charge >= 0.3 is 0 Å². The third-order valence-corrected chi connectivity index (χ3v) is 2.29. The molecule has 1 aromatic rings. The lowest BCUT2D eigenvalue weighted by atomic mass is 10.2. The highest BCUT2D eigenvalue weighted by molar-refractivity contribution is 6.36. The summed E-state index contributed by atoms with van der Waals surface area (Å²) in [5.74, 6) is -0.138. The molecule has 0 atom stereocenters. The van der Waals surface area contributed by atoms with E-state index in [0.29, 0.717) is 15.8 Å². The number of aryl methyl sites for hydroxylation is 1. The van der Waals surface area contributed by atoms with Gasteiger partial charge in [-0.1, -0.05) is 23.2 Å². The molecule has 1 rings (SSSR count). The molecule has 0 aromatic heterocycles. The van der Waals surface area contributed by atoms with Crippen molar-refractivity contribution in [2.24, 2.45) is 5.73 Å². The van der Waals surface area contributed by atoms with Crippen LogP contribution in [0, 0.1) is 6.92 Å². The highest BCUT2D eigenvalue weighted by Crippen LogP contribution is 2.30. The summed E-state index contributed by atoms with van der Waals surface area (Å²) in [5, 5.41) is 0.920. The molecule has 1 aromatic carbocycles. The minimum absolute atomic E-state index is 0.194. The topological polar surface area (TPSA) is 52.3 Å². The highest BCUT2D eigenvalue weighted by atomic mass is 35.5. The molecule has 76 valence electrons. The van der Waals surface area contributed by atoms with Gasteiger partial charge in [0.2, 0.25) is 0 Å². The summed E-state index contributed by atoms with van der Waals surface area (Å²) in [4.78, 5) is 10.5. The van der Waals surface area contributed by atoms with Crippen molar-refractivity contribution in [1.82, 2.24) is 0 Å². The number of hydrogen-bond acceptors (Lipinski definition) is 2. The number of hydrogen-bond donors (Lipinski definition) is 1. The van der Waals surface area contributed by atoms with Gasteiger partial charge in [-0.25, -0.2) is 0 Å². The fourth-order valence-electron chi connectivity index (χ4n) is 0.890. The second kappa shape index (κ2) is 4.53. The molecule has 0 saturated carbocycles. The van der Waals surface area contributed by atoms with Gasteiger partial charge in [-0.2, -0.15) is 0 Å². The molecule has 5 heteroatoms. The van der Waals surface area contributed by atoms with Gasteiger partial charge < -0.3 is 10.5 Å². The van der Waals surface area contributed by atoms with Gasteiger partial charge in [-0.3, -0.25) is 4.79 Å². The van der Waals surface area contributed by atoms with Crippen LogP contribution in [0.25, 0.3) is 0 Å². The zero-order chi connectivity index (χ0) is 10.7. The predicted molar refractivity (Wildman–Crippen MR) is 55.9 cm³/mol. The number of halogens is 2. The Bertz CT molecular complexity index is 366. The molecule has 0 unspecified atom stereocenters. The lowest BCUT2D eigenvalue weighted by Gasteiger charge is -2.07. The van der Waals surface area contributed by atoms with Crippen LogP contribution in [0.5, 0.6) is 5.75 Å². The van der Waals surface area contributed by atoms with Crippen LogP contribution in [0.1, 0.15) is 5.56 Å². The zero-order valence-corrected chi connectivity index (χ0v) is 9.02. The van der Waals surface area contributed by atoms with Gasteiger partial charge in [0.25, 0.3) is 5.91 Å². The fraction of sp³-hybridized carbons (Fsp3) is 0.222. The summed E-state index contributed by atoms with van der Waals surface area (Å²) in [6.45, 7) is 1.62. The average molecular weight is 234 g/mol. The van der Waals surface area contributed by atoms with Crippen LogP contribution in [0.2, 0.25) is 10.0 Å². The van der Waals surface area contributed by atoms with Crippen molar-refractivity contribution in [2.45, 2.75) is 6.92 Å². The Morgan fingerprint density at radius 1 is 1.43 bits per heavy atom. The molecule has 0 fully saturated rings. The molecule has 0 heterocycles. The van der Waals surface area contributed by atoms with Crippen LogP contribution in [-0.2, 0) is 4.79 Å². The van der Waals surface area contributed by atoms with E-state index in [4.69, 9.17) is 33.7 Å². The number of ether oxygens (including phenoxy) is 1. The molecule has 0 radical (unpaired) electrons. The summed E-state index contributed by atoms with van der Waals surface area (Å²) in [6, 6.07) is 3.22. The van der Waals surface area contributed by atoms with Crippen LogP contribution in [0.15, 0.2) is 12.1 Å². The second-order valence-electron chi connectivity index (χ2n) is 2.79. The lowest BCUT2D eigenvalue weighted by molar-refractivity contribution is -0.119. The maximum absolute atomic E-state index is 10.5. The predicted octanol–water partition coefficient (Wildman–Crippen LogP) is 2.17. The van der Waals surface area contributed by atoms with Crippen molar-refractivity contribution in [1.29, 1.82) is 0 Å². The first-order valence-electron chi connectivity index (χ1n) is 3.87. The van der Waals surface area contributed by atoms with Gasteiger partial charge in [-0.05, 0) is 24.6 Å². The molecule has 14 heavy (non-hydrogen) atoms. The third kappa shape index (κ3) is 2.79. The number of nitrogens with two attached hydrogens (primary N) is 1. The molecular formula is C9H9Cl2NO2. The number of carbonyl (C=O) groups is 1. The van der Waals surface area contributed by atoms with E-state index in [0.717, 1.165) is 5.56 Å². The highest BCUT2D eigenvalue weighted by Gasteiger charge is 2.06. The maximum atomic E-state index is 10.5. The van der Waals surface area contributed by atoms with E-state index in [1.165, 1.54) is 0 Å². The van der Waals surface area contributed by atoms with E-state index < -0.39 is 5.91 Å². The Labute approximate surface area is 91.7 Å². The minimum atomic E-state index is -0.548. The van der Waals surface area contributed by atoms with E-state index >= 15 is 0 Å². The first-order chi connectivity index (χ1) is 6.50. The first-order valence-corrected chi connectivity index (χ1v) is 4.63. The molecule has 0 saturated heterocycles. The Morgan fingerprint density at radius 3 is 2.64 bits per heavy atom. The van der Waals surface area contributed by atoms with Crippen molar-refractivity contribution in [2.75, 3.05) is 6.61 Å². The van der Waals surface area contributed by atoms with Gasteiger partial charge in [0.15, 0.2) is 6.61 Å². The smallest absolute Gasteiger partial charge is 0.255 e. The number of benzene rings is 1. The van der Waals surface area contributed by atoms with Crippen LogP contribution < -0.4 is 10.5 Å². The van der Waals surface area contributed by atoms with Crippen molar-refractivity contribution < 1.29 is 9.53 Å². The number of rotatable bonds is 3. The molecule has 0 bridgehead atoms. The normalized spacial score (nSPS) is 9.93. The van der Waals surface area contributed by atoms with Crippen LogP contribution >= 0.6 is 23.2 Å². The Kier molecular flexibility index (Phi) is 3.61. The molecule has 0 spiro atoms. The summed E-state index contributed by atoms with van der Waals surface area (Å²) in [6.07, 6.45) is 0. The van der Waals surface area contributed by atoms with Crippen LogP contribution in [-0.4, -0.2) is 12.5 Å². The van der Waals surface area contributed by atoms with Gasteiger partial charge in [-0.15, -0.1) is 0 Å².